The Bertz CT molecular complexity index is 177. The number of rotatable bonds is 4. The van der Waals surface area contributed by atoms with E-state index in [1.165, 1.54) is 6.42 Å². The van der Waals surface area contributed by atoms with Gasteiger partial charge in [0, 0.05) is 12.6 Å². The Hall–Kier alpha value is -0.830. The van der Waals surface area contributed by atoms with Gasteiger partial charge < -0.3 is 10.4 Å². The van der Waals surface area contributed by atoms with Crippen LogP contribution in [0.5, 0.6) is 0 Å². The van der Waals surface area contributed by atoms with Crippen molar-refractivity contribution in [1.29, 1.82) is 0 Å². The Morgan fingerprint density at radius 1 is 1.67 bits per heavy atom. The topological polar surface area (TPSA) is 49.3 Å². The predicted molar refractivity (Wildman–Crippen MR) is 47.0 cm³/mol. The lowest BCUT2D eigenvalue weighted by atomic mass is 10.0. The summed E-state index contributed by atoms with van der Waals surface area (Å²) < 4.78 is 0. The molecule has 0 radical (unpaired) electrons. The summed E-state index contributed by atoms with van der Waals surface area (Å²) in [6.07, 6.45) is 8.01. The molecule has 3 heteroatoms. The van der Waals surface area contributed by atoms with Crippen molar-refractivity contribution in [3.63, 3.8) is 0 Å². The molecule has 0 fully saturated rings. The molecule has 0 aromatic carbocycles. The highest BCUT2D eigenvalue weighted by molar-refractivity contribution is 5.66. The van der Waals surface area contributed by atoms with Crippen LogP contribution in [0, 0.1) is 0 Å². The molecule has 0 aromatic rings. The van der Waals surface area contributed by atoms with Gasteiger partial charge in [0.15, 0.2) is 0 Å². The molecule has 1 rings (SSSR count). The highest BCUT2D eigenvalue weighted by Crippen LogP contribution is 2.09. The number of hydrogen-bond acceptors (Lipinski definition) is 2. The molecule has 68 valence electrons. The van der Waals surface area contributed by atoms with Crippen LogP contribution in [0.15, 0.2) is 12.2 Å². The highest BCUT2D eigenvalue weighted by atomic mass is 16.4. The fourth-order valence-corrected chi connectivity index (χ4v) is 1.35. The Labute approximate surface area is 72.5 Å². The first-order chi connectivity index (χ1) is 5.79. The molecule has 2 N–H and O–H groups in total. The van der Waals surface area contributed by atoms with E-state index in [1.54, 1.807) is 0 Å². The lowest BCUT2D eigenvalue weighted by molar-refractivity contribution is -0.136. The molecule has 12 heavy (non-hydrogen) atoms. The van der Waals surface area contributed by atoms with E-state index in [2.05, 4.69) is 17.5 Å². The average Bonchev–Trinajstić information content (AvgIpc) is 2.05. The normalized spacial score (nSPS) is 22.5. The van der Waals surface area contributed by atoms with Crippen LogP contribution in [0.3, 0.4) is 0 Å². The number of carboxylic acids is 1. The van der Waals surface area contributed by atoms with Crippen LogP contribution >= 0.6 is 0 Å². The molecule has 0 heterocycles. The van der Waals surface area contributed by atoms with E-state index in [-0.39, 0.29) is 6.42 Å². The summed E-state index contributed by atoms with van der Waals surface area (Å²) in [5.74, 6) is -0.734. The number of allylic oxidation sites excluding steroid dienone is 1. The summed E-state index contributed by atoms with van der Waals surface area (Å²) >= 11 is 0. The van der Waals surface area contributed by atoms with Crippen molar-refractivity contribution in [1.82, 2.24) is 5.32 Å². The molecule has 1 aliphatic rings. The van der Waals surface area contributed by atoms with E-state index in [1.807, 2.05) is 0 Å². The second kappa shape index (κ2) is 4.93. The lowest BCUT2D eigenvalue weighted by Gasteiger charge is -2.16. The standard InChI is InChI=1S/C9H15NO2/c11-9(12)6-7-10-8-4-2-1-3-5-8/h2,4,8,10H,1,3,5-7H2,(H,11,12). The zero-order chi connectivity index (χ0) is 8.81. The first-order valence-electron chi connectivity index (χ1n) is 4.41. The number of carboxylic acid groups (broad SMARTS) is 1. The van der Waals surface area contributed by atoms with Gasteiger partial charge in [-0.1, -0.05) is 12.2 Å². The quantitative estimate of drug-likeness (QED) is 0.621. The van der Waals surface area contributed by atoms with Crippen molar-refractivity contribution in [2.45, 2.75) is 31.7 Å². The fourth-order valence-electron chi connectivity index (χ4n) is 1.35. The molecule has 0 spiro atoms. The minimum Gasteiger partial charge on any atom is -0.481 e. The van der Waals surface area contributed by atoms with Crippen LogP contribution in [0.1, 0.15) is 25.7 Å². The lowest BCUT2D eigenvalue weighted by Crippen LogP contribution is -2.30. The molecule has 0 saturated carbocycles. The van der Waals surface area contributed by atoms with E-state index < -0.39 is 5.97 Å². The molecule has 3 nitrogen and oxygen atoms in total. The smallest absolute Gasteiger partial charge is 0.304 e. The Morgan fingerprint density at radius 3 is 3.08 bits per heavy atom. The van der Waals surface area contributed by atoms with E-state index in [0.29, 0.717) is 12.6 Å². The van der Waals surface area contributed by atoms with E-state index in [4.69, 9.17) is 5.11 Å². The van der Waals surface area contributed by atoms with Crippen molar-refractivity contribution >= 4 is 5.97 Å². The van der Waals surface area contributed by atoms with Gasteiger partial charge in [-0.3, -0.25) is 4.79 Å². The molecule has 1 unspecified atom stereocenters. The summed E-state index contributed by atoms with van der Waals surface area (Å²) in [6.45, 7) is 0.574. The van der Waals surface area contributed by atoms with Gasteiger partial charge in [0.05, 0.1) is 6.42 Å². The van der Waals surface area contributed by atoms with Crippen LogP contribution < -0.4 is 5.32 Å². The van der Waals surface area contributed by atoms with Gasteiger partial charge in [-0.2, -0.15) is 0 Å². The highest BCUT2D eigenvalue weighted by Gasteiger charge is 2.07. The Kier molecular flexibility index (Phi) is 3.80. The monoisotopic (exact) mass is 169 g/mol. The average molecular weight is 169 g/mol. The van der Waals surface area contributed by atoms with Crippen LogP contribution in [0.2, 0.25) is 0 Å². The zero-order valence-corrected chi connectivity index (χ0v) is 7.12. The second-order valence-electron chi connectivity index (χ2n) is 3.06. The van der Waals surface area contributed by atoms with Crippen molar-refractivity contribution < 1.29 is 9.90 Å². The second-order valence-corrected chi connectivity index (χ2v) is 3.06. The van der Waals surface area contributed by atoms with Crippen LogP contribution in [0.25, 0.3) is 0 Å². The van der Waals surface area contributed by atoms with Crippen LogP contribution in [-0.4, -0.2) is 23.7 Å². The third kappa shape index (κ3) is 3.53. The van der Waals surface area contributed by atoms with Gasteiger partial charge >= 0.3 is 5.97 Å². The van der Waals surface area contributed by atoms with Gasteiger partial charge in [0.25, 0.3) is 0 Å². The number of nitrogens with one attached hydrogen (secondary N) is 1. The third-order valence-electron chi connectivity index (χ3n) is 2.00. The molecule has 0 aliphatic heterocycles. The molecule has 0 bridgehead atoms. The summed E-state index contributed by atoms with van der Waals surface area (Å²) in [5.41, 5.74) is 0. The minimum atomic E-state index is -0.734. The molecule has 1 atom stereocenters. The van der Waals surface area contributed by atoms with Gasteiger partial charge in [-0.25, -0.2) is 0 Å². The van der Waals surface area contributed by atoms with Crippen molar-refractivity contribution in [2.24, 2.45) is 0 Å². The maximum absolute atomic E-state index is 10.2. The maximum atomic E-state index is 10.2. The van der Waals surface area contributed by atoms with Gasteiger partial charge in [-0.15, -0.1) is 0 Å². The Balaban J connectivity index is 2.09. The third-order valence-corrected chi connectivity index (χ3v) is 2.00. The Morgan fingerprint density at radius 2 is 2.50 bits per heavy atom. The zero-order valence-electron chi connectivity index (χ0n) is 7.12. The van der Waals surface area contributed by atoms with Crippen molar-refractivity contribution in [2.75, 3.05) is 6.54 Å². The van der Waals surface area contributed by atoms with Crippen LogP contribution in [-0.2, 0) is 4.79 Å². The van der Waals surface area contributed by atoms with Crippen LogP contribution in [0.4, 0.5) is 0 Å². The predicted octanol–water partition coefficient (Wildman–Crippen LogP) is 1.16. The van der Waals surface area contributed by atoms with Gasteiger partial charge in [0.2, 0.25) is 0 Å². The molecule has 0 saturated heterocycles. The van der Waals surface area contributed by atoms with Crippen molar-refractivity contribution in [3.05, 3.63) is 12.2 Å². The summed E-state index contributed by atoms with van der Waals surface area (Å²) in [6, 6.07) is 0.401. The maximum Gasteiger partial charge on any atom is 0.304 e. The molecular formula is C9H15NO2. The summed E-state index contributed by atoms with van der Waals surface area (Å²) in [7, 11) is 0. The van der Waals surface area contributed by atoms with E-state index in [9.17, 15) is 4.79 Å². The van der Waals surface area contributed by atoms with E-state index in [0.717, 1.165) is 12.8 Å². The molecule has 0 amide bonds. The summed E-state index contributed by atoms with van der Waals surface area (Å²) in [5, 5.41) is 11.6. The summed E-state index contributed by atoms with van der Waals surface area (Å²) in [4.78, 5) is 10.2. The van der Waals surface area contributed by atoms with Gasteiger partial charge in [-0.05, 0) is 19.3 Å². The largest absolute Gasteiger partial charge is 0.481 e. The SMILES string of the molecule is O=C(O)CCNC1C=CCCC1. The van der Waals surface area contributed by atoms with Crippen molar-refractivity contribution in [3.8, 4) is 0 Å². The minimum absolute atomic E-state index is 0.213. The first kappa shape index (κ1) is 9.26. The fraction of sp³-hybridized carbons (Fsp3) is 0.667. The number of hydrogen-bond donors (Lipinski definition) is 2. The molecule has 0 aromatic heterocycles. The molecule has 1 aliphatic carbocycles. The first-order valence-corrected chi connectivity index (χ1v) is 4.41. The van der Waals surface area contributed by atoms with E-state index >= 15 is 0 Å². The van der Waals surface area contributed by atoms with Gasteiger partial charge in [0.1, 0.15) is 0 Å². The number of aliphatic carboxylic acids is 1. The number of carbonyl (C=O) groups is 1. The molecular weight excluding hydrogens is 154 g/mol.